The fraction of sp³-hybridized carbons (Fsp3) is 0.364. The van der Waals surface area contributed by atoms with Crippen molar-refractivity contribution < 1.29 is 14.5 Å². The lowest BCUT2D eigenvalue weighted by Gasteiger charge is -2.12. The molecule has 0 radical (unpaired) electrons. The lowest BCUT2D eigenvalue weighted by molar-refractivity contribution is -0.384. The number of nitrogens with zero attached hydrogens (tertiary/aromatic N) is 4. The van der Waals surface area contributed by atoms with Crippen molar-refractivity contribution in [2.45, 2.75) is 18.9 Å². The number of nitro benzene ring substituents is 1. The van der Waals surface area contributed by atoms with Gasteiger partial charge in [-0.15, -0.1) is 0 Å². The fourth-order valence-electron chi connectivity index (χ4n) is 1.59. The maximum Gasteiger partial charge on any atom is 0.305 e. The number of rotatable bonds is 6. The van der Waals surface area contributed by atoms with E-state index in [1.165, 1.54) is 25.3 Å². The van der Waals surface area contributed by atoms with E-state index in [0.717, 1.165) is 0 Å². The second-order valence-corrected chi connectivity index (χ2v) is 4.21. The van der Waals surface area contributed by atoms with E-state index >= 15 is 0 Å². The van der Waals surface area contributed by atoms with E-state index in [1.54, 1.807) is 0 Å². The van der Waals surface area contributed by atoms with Crippen molar-refractivity contribution in [1.29, 1.82) is 0 Å². The van der Waals surface area contributed by atoms with Crippen LogP contribution in [-0.2, 0) is 9.53 Å². The monoisotopic (exact) mass is 298 g/mol. The van der Waals surface area contributed by atoms with Crippen molar-refractivity contribution in [2.24, 2.45) is 5.11 Å². The van der Waals surface area contributed by atoms with Crippen LogP contribution in [0.15, 0.2) is 23.3 Å². The Hall–Kier alpha value is -2.31. The topological polar surface area (TPSA) is 118 Å². The summed E-state index contributed by atoms with van der Waals surface area (Å²) in [5, 5.41) is 14.5. The summed E-state index contributed by atoms with van der Waals surface area (Å²) >= 11 is 5.96. The van der Waals surface area contributed by atoms with Gasteiger partial charge in [-0.2, -0.15) is 0 Å². The van der Waals surface area contributed by atoms with Crippen LogP contribution < -0.4 is 0 Å². The van der Waals surface area contributed by atoms with Crippen molar-refractivity contribution in [1.82, 2.24) is 0 Å². The van der Waals surface area contributed by atoms with Crippen molar-refractivity contribution in [3.63, 3.8) is 0 Å². The van der Waals surface area contributed by atoms with E-state index in [-0.39, 0.29) is 23.6 Å². The Labute approximate surface area is 119 Å². The van der Waals surface area contributed by atoms with Gasteiger partial charge >= 0.3 is 5.97 Å². The quantitative estimate of drug-likeness (QED) is 0.199. The molecular formula is C11H11ClN4O4. The summed E-state index contributed by atoms with van der Waals surface area (Å²) in [5.74, 6) is -0.468. The first-order chi connectivity index (χ1) is 9.49. The molecule has 0 aromatic heterocycles. The molecule has 0 unspecified atom stereocenters. The molecule has 0 spiro atoms. The number of ether oxygens (including phenoxy) is 1. The molecule has 0 aliphatic heterocycles. The van der Waals surface area contributed by atoms with Gasteiger partial charge in [0.25, 0.3) is 5.69 Å². The zero-order valence-corrected chi connectivity index (χ0v) is 11.3. The Morgan fingerprint density at radius 3 is 2.90 bits per heavy atom. The van der Waals surface area contributed by atoms with Crippen molar-refractivity contribution in [2.75, 3.05) is 7.11 Å². The van der Waals surface area contributed by atoms with Gasteiger partial charge in [-0.05, 0) is 23.6 Å². The molecule has 106 valence electrons. The third-order valence-corrected chi connectivity index (χ3v) is 2.93. The number of nitro groups is 1. The van der Waals surface area contributed by atoms with E-state index in [9.17, 15) is 14.9 Å². The molecule has 0 N–H and O–H groups in total. The molecule has 0 heterocycles. The van der Waals surface area contributed by atoms with Crippen molar-refractivity contribution in [3.05, 3.63) is 49.3 Å². The smallest absolute Gasteiger partial charge is 0.305 e. The molecule has 8 nitrogen and oxygen atoms in total. The van der Waals surface area contributed by atoms with Crippen LogP contribution in [0.25, 0.3) is 10.4 Å². The third kappa shape index (κ3) is 4.11. The molecule has 0 fully saturated rings. The minimum atomic E-state index is -0.772. The zero-order valence-electron chi connectivity index (χ0n) is 10.5. The van der Waals surface area contributed by atoms with Gasteiger partial charge in [0.2, 0.25) is 0 Å². The van der Waals surface area contributed by atoms with Crippen LogP contribution in [0.1, 0.15) is 24.4 Å². The number of non-ortho nitro benzene ring substituents is 1. The van der Waals surface area contributed by atoms with E-state index in [4.69, 9.17) is 17.1 Å². The predicted molar refractivity (Wildman–Crippen MR) is 71.2 cm³/mol. The van der Waals surface area contributed by atoms with E-state index in [2.05, 4.69) is 14.8 Å². The van der Waals surface area contributed by atoms with Crippen molar-refractivity contribution in [3.8, 4) is 0 Å². The second kappa shape index (κ2) is 7.32. The Morgan fingerprint density at radius 1 is 1.65 bits per heavy atom. The van der Waals surface area contributed by atoms with Gasteiger partial charge in [0.05, 0.1) is 18.1 Å². The number of hydrogen-bond donors (Lipinski definition) is 0. The number of carbonyl (C=O) groups is 1. The average molecular weight is 299 g/mol. The average Bonchev–Trinajstić information content (AvgIpc) is 2.43. The standard InChI is InChI=1S/C11H11ClN4O4/c1-20-11(17)5-4-10(14-15-13)8-6-7(16(18)19)2-3-9(8)12/h2-3,6,10H,4-5H2,1H3/t10-/m1/s1. The molecule has 0 saturated heterocycles. The van der Waals surface area contributed by atoms with Gasteiger partial charge in [0.15, 0.2) is 0 Å². The highest BCUT2D eigenvalue weighted by Gasteiger charge is 2.18. The normalized spacial score (nSPS) is 11.3. The Kier molecular flexibility index (Phi) is 5.76. The molecule has 1 aromatic rings. The summed E-state index contributed by atoms with van der Waals surface area (Å²) in [6.45, 7) is 0. The number of hydrogen-bond acceptors (Lipinski definition) is 5. The SMILES string of the molecule is COC(=O)CC[C@@H](N=[N+]=[N-])c1cc([N+](=O)[O-])ccc1Cl. The first kappa shape index (κ1) is 15.7. The summed E-state index contributed by atoms with van der Waals surface area (Å²) in [4.78, 5) is 24.0. The lowest BCUT2D eigenvalue weighted by atomic mass is 10.0. The van der Waals surface area contributed by atoms with Gasteiger partial charge in [-0.3, -0.25) is 14.9 Å². The first-order valence-electron chi connectivity index (χ1n) is 5.54. The number of benzene rings is 1. The molecular weight excluding hydrogens is 288 g/mol. The molecule has 0 bridgehead atoms. The Morgan fingerprint density at radius 2 is 2.35 bits per heavy atom. The van der Waals surface area contributed by atoms with Gasteiger partial charge in [0.1, 0.15) is 0 Å². The van der Waals surface area contributed by atoms with Crippen LogP contribution in [0.3, 0.4) is 0 Å². The number of halogens is 1. The number of esters is 1. The number of azide groups is 1. The van der Waals surface area contributed by atoms with Crippen LogP contribution in [0.5, 0.6) is 0 Å². The minimum Gasteiger partial charge on any atom is -0.469 e. The maximum absolute atomic E-state index is 11.1. The van der Waals surface area contributed by atoms with E-state index < -0.39 is 16.9 Å². The Bertz CT molecular complexity index is 572. The minimum absolute atomic E-state index is 0.0131. The summed E-state index contributed by atoms with van der Waals surface area (Å²) in [6, 6.07) is 3.07. The molecule has 0 amide bonds. The van der Waals surface area contributed by atoms with E-state index in [1.807, 2.05) is 0 Å². The summed E-state index contributed by atoms with van der Waals surface area (Å²) in [7, 11) is 1.24. The Balaban J connectivity index is 3.07. The molecule has 1 atom stereocenters. The van der Waals surface area contributed by atoms with Gasteiger partial charge in [0, 0.05) is 28.5 Å². The van der Waals surface area contributed by atoms with Gasteiger partial charge in [-0.25, -0.2) is 0 Å². The highest BCUT2D eigenvalue weighted by atomic mass is 35.5. The molecule has 1 rings (SSSR count). The summed E-state index contributed by atoms with van der Waals surface area (Å²) in [5.41, 5.74) is 8.70. The van der Waals surface area contributed by atoms with E-state index in [0.29, 0.717) is 5.56 Å². The lowest BCUT2D eigenvalue weighted by Crippen LogP contribution is -2.04. The highest BCUT2D eigenvalue weighted by Crippen LogP contribution is 2.32. The second-order valence-electron chi connectivity index (χ2n) is 3.80. The largest absolute Gasteiger partial charge is 0.469 e. The summed E-state index contributed by atoms with van der Waals surface area (Å²) in [6.07, 6.45) is 0.164. The molecule has 20 heavy (non-hydrogen) atoms. The zero-order chi connectivity index (χ0) is 15.1. The molecule has 0 saturated carbocycles. The highest BCUT2D eigenvalue weighted by molar-refractivity contribution is 6.31. The van der Waals surface area contributed by atoms with Crippen LogP contribution in [-0.4, -0.2) is 18.0 Å². The maximum atomic E-state index is 11.1. The molecule has 9 heteroatoms. The van der Waals surface area contributed by atoms with Crippen LogP contribution in [0.4, 0.5) is 5.69 Å². The fourth-order valence-corrected chi connectivity index (χ4v) is 1.84. The van der Waals surface area contributed by atoms with Gasteiger partial charge in [-0.1, -0.05) is 16.7 Å². The first-order valence-corrected chi connectivity index (χ1v) is 5.92. The number of methoxy groups -OCH3 is 1. The molecule has 1 aromatic carbocycles. The summed E-state index contributed by atoms with van der Waals surface area (Å²) < 4.78 is 4.49. The molecule has 0 aliphatic carbocycles. The predicted octanol–water partition coefficient (Wildman–Crippen LogP) is 3.55. The van der Waals surface area contributed by atoms with Crippen LogP contribution in [0, 0.1) is 10.1 Å². The van der Waals surface area contributed by atoms with Crippen LogP contribution in [0.2, 0.25) is 5.02 Å². The molecule has 0 aliphatic rings. The third-order valence-electron chi connectivity index (χ3n) is 2.59. The van der Waals surface area contributed by atoms with Crippen LogP contribution >= 0.6 is 11.6 Å². The van der Waals surface area contributed by atoms with Crippen molar-refractivity contribution >= 4 is 23.3 Å². The van der Waals surface area contributed by atoms with Gasteiger partial charge < -0.3 is 4.74 Å². The number of carbonyl (C=O) groups excluding carboxylic acids is 1.